The number of nitrogens with one attached hydrogen (secondary N) is 1. The fourth-order valence-electron chi connectivity index (χ4n) is 4.23. The number of rotatable bonds is 2. The third kappa shape index (κ3) is 3.86. The molecule has 1 aliphatic heterocycles. The van der Waals surface area contributed by atoms with E-state index in [-0.39, 0.29) is 6.09 Å². The van der Waals surface area contributed by atoms with Crippen LogP contribution in [-0.4, -0.2) is 57.7 Å². The number of anilines is 1. The average molecular weight is 430 g/mol. The summed E-state index contributed by atoms with van der Waals surface area (Å²) in [5.74, 6) is 0. The molecule has 1 aromatic carbocycles. The van der Waals surface area contributed by atoms with E-state index in [2.05, 4.69) is 38.1 Å². The molecule has 0 saturated carbocycles. The van der Waals surface area contributed by atoms with Crippen molar-refractivity contribution in [3.05, 3.63) is 55.0 Å². The lowest BCUT2D eigenvalue weighted by Gasteiger charge is -2.36. The zero-order valence-electron chi connectivity index (χ0n) is 18.6. The summed E-state index contributed by atoms with van der Waals surface area (Å²) in [6.45, 7) is 8.40. The molecule has 0 radical (unpaired) electrons. The number of aromatic amines is 1. The SMILES string of the molecule is CC(C)(C)OC(=O)N1CCN(c2cncc(-c3ccnc4[nH]c5ccccc5c34)c2)CC1. The van der Waals surface area contributed by atoms with E-state index in [1.54, 1.807) is 4.90 Å². The second-order valence-electron chi connectivity index (χ2n) is 9.14. The van der Waals surface area contributed by atoms with Gasteiger partial charge in [0.05, 0.1) is 11.9 Å². The van der Waals surface area contributed by atoms with Gasteiger partial charge in [-0.2, -0.15) is 0 Å². The van der Waals surface area contributed by atoms with Crippen LogP contribution in [0.25, 0.3) is 33.1 Å². The van der Waals surface area contributed by atoms with E-state index in [1.165, 1.54) is 0 Å². The van der Waals surface area contributed by atoms with Gasteiger partial charge in [-0.1, -0.05) is 18.2 Å². The highest BCUT2D eigenvalue weighted by Crippen LogP contribution is 2.34. The van der Waals surface area contributed by atoms with Crippen LogP contribution in [0.3, 0.4) is 0 Å². The number of nitrogens with zero attached hydrogens (tertiary/aromatic N) is 4. The number of aromatic nitrogens is 3. The van der Waals surface area contributed by atoms with E-state index in [0.717, 1.165) is 51.8 Å². The zero-order valence-corrected chi connectivity index (χ0v) is 18.6. The van der Waals surface area contributed by atoms with Crippen LogP contribution < -0.4 is 4.90 Å². The molecule has 164 valence electrons. The Morgan fingerprint density at radius 3 is 2.62 bits per heavy atom. The molecule has 32 heavy (non-hydrogen) atoms. The van der Waals surface area contributed by atoms with Crippen LogP contribution >= 0.6 is 0 Å². The Morgan fingerprint density at radius 2 is 1.84 bits per heavy atom. The van der Waals surface area contributed by atoms with Crippen LogP contribution in [0.2, 0.25) is 0 Å². The molecule has 0 unspecified atom stereocenters. The number of fused-ring (bicyclic) bond motifs is 3. The molecule has 0 atom stereocenters. The Bertz CT molecular complexity index is 1280. The summed E-state index contributed by atoms with van der Waals surface area (Å²) in [6.07, 6.45) is 5.37. The number of para-hydroxylation sites is 1. The molecule has 1 saturated heterocycles. The number of pyridine rings is 2. The minimum Gasteiger partial charge on any atom is -0.444 e. The maximum atomic E-state index is 12.4. The lowest BCUT2D eigenvalue weighted by atomic mass is 10.0. The van der Waals surface area contributed by atoms with Crippen LogP contribution in [-0.2, 0) is 4.74 Å². The van der Waals surface area contributed by atoms with Crippen LogP contribution in [0, 0.1) is 0 Å². The fourth-order valence-corrected chi connectivity index (χ4v) is 4.23. The molecule has 4 heterocycles. The molecule has 7 heteroatoms. The van der Waals surface area contributed by atoms with Crippen LogP contribution in [0.1, 0.15) is 20.8 Å². The minimum absolute atomic E-state index is 0.248. The van der Waals surface area contributed by atoms with Gasteiger partial charge >= 0.3 is 6.09 Å². The topological polar surface area (TPSA) is 74.3 Å². The summed E-state index contributed by atoms with van der Waals surface area (Å²) >= 11 is 0. The summed E-state index contributed by atoms with van der Waals surface area (Å²) in [4.78, 5) is 28.9. The van der Waals surface area contributed by atoms with Gasteiger partial charge in [0.1, 0.15) is 11.2 Å². The minimum atomic E-state index is -0.481. The number of benzene rings is 1. The van der Waals surface area contributed by atoms with Crippen molar-refractivity contribution in [3.8, 4) is 11.1 Å². The van der Waals surface area contributed by atoms with E-state index in [1.807, 2.05) is 57.6 Å². The number of H-pyrrole nitrogens is 1. The highest BCUT2D eigenvalue weighted by Gasteiger charge is 2.26. The first-order valence-electron chi connectivity index (χ1n) is 10.9. The maximum absolute atomic E-state index is 12.4. The van der Waals surface area contributed by atoms with E-state index < -0.39 is 5.60 Å². The molecule has 7 nitrogen and oxygen atoms in total. The third-order valence-electron chi connectivity index (χ3n) is 5.73. The van der Waals surface area contributed by atoms with Gasteiger partial charge in [0.2, 0.25) is 0 Å². The van der Waals surface area contributed by atoms with Crippen molar-refractivity contribution in [2.75, 3.05) is 31.1 Å². The molecule has 4 aromatic rings. The number of hydrogen-bond donors (Lipinski definition) is 1. The lowest BCUT2D eigenvalue weighted by molar-refractivity contribution is 0.0240. The van der Waals surface area contributed by atoms with Crippen LogP contribution in [0.15, 0.2) is 55.0 Å². The summed E-state index contributed by atoms with van der Waals surface area (Å²) in [5, 5.41) is 2.26. The Morgan fingerprint density at radius 1 is 1.06 bits per heavy atom. The standard InChI is InChI=1S/C25H27N5O2/c1-25(2,3)32-24(31)30-12-10-29(11-13-30)18-14-17(15-26-16-18)19-8-9-27-23-22(19)20-6-4-5-7-21(20)28-23/h4-9,14-16H,10-13H2,1-3H3,(H,27,28). The van der Waals surface area contributed by atoms with Crippen molar-refractivity contribution in [2.45, 2.75) is 26.4 Å². The highest BCUT2D eigenvalue weighted by molar-refractivity contribution is 6.12. The van der Waals surface area contributed by atoms with E-state index in [0.29, 0.717) is 13.1 Å². The first-order chi connectivity index (χ1) is 15.4. The second kappa shape index (κ2) is 7.82. The third-order valence-corrected chi connectivity index (χ3v) is 5.73. The molecule has 1 amide bonds. The zero-order chi connectivity index (χ0) is 22.3. The van der Waals surface area contributed by atoms with Crippen molar-refractivity contribution < 1.29 is 9.53 Å². The van der Waals surface area contributed by atoms with Gasteiger partial charge in [0.25, 0.3) is 0 Å². The molecule has 0 bridgehead atoms. The number of carbonyl (C=O) groups is 1. The summed E-state index contributed by atoms with van der Waals surface area (Å²) in [6, 6.07) is 12.5. The van der Waals surface area contributed by atoms with Gasteiger partial charge in [-0.05, 0) is 44.5 Å². The van der Waals surface area contributed by atoms with Crippen molar-refractivity contribution in [1.82, 2.24) is 19.9 Å². The number of piperazine rings is 1. The van der Waals surface area contributed by atoms with Gasteiger partial charge in [0.15, 0.2) is 0 Å². The van der Waals surface area contributed by atoms with Gasteiger partial charge in [0, 0.05) is 60.4 Å². The molecule has 5 rings (SSSR count). The molecular weight excluding hydrogens is 402 g/mol. The summed E-state index contributed by atoms with van der Waals surface area (Å²) in [5.41, 5.74) is 4.68. The highest BCUT2D eigenvalue weighted by atomic mass is 16.6. The molecule has 0 aliphatic carbocycles. The predicted octanol–water partition coefficient (Wildman–Crippen LogP) is 4.84. The number of amides is 1. The van der Waals surface area contributed by atoms with Crippen LogP contribution in [0.4, 0.5) is 10.5 Å². The van der Waals surface area contributed by atoms with Gasteiger partial charge in [-0.25, -0.2) is 9.78 Å². The van der Waals surface area contributed by atoms with Gasteiger partial charge < -0.3 is 19.5 Å². The summed E-state index contributed by atoms with van der Waals surface area (Å²) < 4.78 is 5.51. The van der Waals surface area contributed by atoms with E-state index >= 15 is 0 Å². The smallest absolute Gasteiger partial charge is 0.410 e. The van der Waals surface area contributed by atoms with Crippen LogP contribution in [0.5, 0.6) is 0 Å². The first kappa shape index (κ1) is 20.3. The average Bonchev–Trinajstić information content (AvgIpc) is 3.17. The number of hydrogen-bond acceptors (Lipinski definition) is 5. The lowest BCUT2D eigenvalue weighted by Crippen LogP contribution is -2.50. The second-order valence-corrected chi connectivity index (χ2v) is 9.14. The Kier molecular flexibility index (Phi) is 4.96. The molecule has 1 N–H and O–H groups in total. The molecule has 1 fully saturated rings. The maximum Gasteiger partial charge on any atom is 0.410 e. The Labute approximate surface area is 187 Å². The van der Waals surface area contributed by atoms with Crippen molar-refractivity contribution in [3.63, 3.8) is 0 Å². The Hall–Kier alpha value is -3.61. The summed E-state index contributed by atoms with van der Waals surface area (Å²) in [7, 11) is 0. The predicted molar refractivity (Wildman–Crippen MR) is 127 cm³/mol. The largest absolute Gasteiger partial charge is 0.444 e. The van der Waals surface area contributed by atoms with Gasteiger partial charge in [-0.15, -0.1) is 0 Å². The van der Waals surface area contributed by atoms with Crippen molar-refractivity contribution in [2.24, 2.45) is 0 Å². The van der Waals surface area contributed by atoms with E-state index in [4.69, 9.17) is 4.74 Å². The first-order valence-corrected chi connectivity index (χ1v) is 10.9. The molecular formula is C25H27N5O2. The normalized spacial score (nSPS) is 14.8. The van der Waals surface area contributed by atoms with Crippen molar-refractivity contribution >= 4 is 33.7 Å². The quantitative estimate of drug-likeness (QED) is 0.494. The van der Waals surface area contributed by atoms with E-state index in [9.17, 15) is 4.79 Å². The van der Waals surface area contributed by atoms with Crippen molar-refractivity contribution in [1.29, 1.82) is 0 Å². The monoisotopic (exact) mass is 429 g/mol. The number of ether oxygens (including phenoxy) is 1. The fraction of sp³-hybridized carbons (Fsp3) is 0.320. The molecule has 0 spiro atoms. The van der Waals surface area contributed by atoms with Gasteiger partial charge in [-0.3, -0.25) is 4.98 Å². The molecule has 3 aromatic heterocycles. The molecule has 1 aliphatic rings. The Balaban J connectivity index is 1.40. The number of carbonyl (C=O) groups excluding carboxylic acids is 1.